The average molecular weight is 467 g/mol. The van der Waals surface area contributed by atoms with E-state index in [4.69, 9.17) is 21.1 Å². The van der Waals surface area contributed by atoms with Crippen LogP contribution < -0.4 is 10.1 Å². The van der Waals surface area contributed by atoms with Crippen LogP contribution in [-0.4, -0.2) is 51.9 Å². The Morgan fingerprint density at radius 1 is 1.13 bits per heavy atom. The number of methoxy groups -OCH3 is 2. The van der Waals surface area contributed by atoms with E-state index >= 15 is 0 Å². The van der Waals surface area contributed by atoms with Gasteiger partial charge in [-0.3, -0.25) is 4.79 Å². The minimum atomic E-state index is -3.74. The highest BCUT2D eigenvalue weighted by Gasteiger charge is 2.33. The first-order chi connectivity index (χ1) is 14.8. The van der Waals surface area contributed by atoms with Crippen LogP contribution in [0.1, 0.15) is 23.2 Å². The number of hydrogen-bond acceptors (Lipinski definition) is 6. The van der Waals surface area contributed by atoms with Crippen molar-refractivity contribution in [2.24, 2.45) is 5.92 Å². The summed E-state index contributed by atoms with van der Waals surface area (Å²) in [6.45, 7) is 0.381. The quantitative estimate of drug-likeness (QED) is 0.656. The highest BCUT2D eigenvalue weighted by Crippen LogP contribution is 2.29. The molecule has 31 heavy (non-hydrogen) atoms. The average Bonchev–Trinajstić information content (AvgIpc) is 2.78. The lowest BCUT2D eigenvalue weighted by molar-refractivity contribution is -0.120. The van der Waals surface area contributed by atoms with Crippen LogP contribution >= 0.6 is 11.6 Å². The Bertz CT molecular complexity index is 1070. The molecule has 166 valence electrons. The summed E-state index contributed by atoms with van der Waals surface area (Å²) in [6.07, 6.45) is 1.09. The Morgan fingerprint density at radius 3 is 2.48 bits per heavy atom. The second-order valence-corrected chi connectivity index (χ2v) is 9.43. The number of carbonyl (C=O) groups excluding carboxylic acids is 2. The van der Waals surface area contributed by atoms with Crippen molar-refractivity contribution in [2.45, 2.75) is 17.7 Å². The molecule has 1 amide bonds. The molecule has 1 heterocycles. The molecule has 0 saturated carbocycles. The molecule has 8 nitrogen and oxygen atoms in total. The fourth-order valence-corrected chi connectivity index (χ4v) is 5.07. The number of piperidine rings is 1. The van der Waals surface area contributed by atoms with E-state index in [1.807, 2.05) is 0 Å². The van der Waals surface area contributed by atoms with Gasteiger partial charge in [-0.05, 0) is 55.3 Å². The van der Waals surface area contributed by atoms with E-state index in [1.165, 1.54) is 54.9 Å². The smallest absolute Gasteiger partial charge is 0.337 e. The van der Waals surface area contributed by atoms with Crippen LogP contribution in [0.2, 0.25) is 5.02 Å². The molecule has 1 N–H and O–H groups in total. The van der Waals surface area contributed by atoms with Crippen molar-refractivity contribution in [1.29, 1.82) is 0 Å². The molecule has 3 rings (SSSR count). The Hall–Kier alpha value is -2.62. The summed E-state index contributed by atoms with van der Waals surface area (Å²) in [4.78, 5) is 24.9. The van der Waals surface area contributed by atoms with E-state index in [2.05, 4.69) is 5.32 Å². The fourth-order valence-electron chi connectivity index (χ4n) is 3.42. The van der Waals surface area contributed by atoms with Gasteiger partial charge < -0.3 is 14.8 Å². The minimum Gasteiger partial charge on any atom is -0.495 e. The highest BCUT2D eigenvalue weighted by atomic mass is 35.5. The summed E-state index contributed by atoms with van der Waals surface area (Å²) in [5.74, 6) is -1.07. The number of esters is 1. The summed E-state index contributed by atoms with van der Waals surface area (Å²) in [5.41, 5.74) is 0.572. The second-order valence-electron chi connectivity index (χ2n) is 7.05. The molecule has 0 radical (unpaired) electrons. The number of carbonyl (C=O) groups is 2. The molecule has 0 spiro atoms. The van der Waals surface area contributed by atoms with Gasteiger partial charge in [-0.15, -0.1) is 0 Å². The largest absolute Gasteiger partial charge is 0.495 e. The number of halogens is 1. The molecule has 0 unspecified atom stereocenters. The molecule has 0 bridgehead atoms. The summed E-state index contributed by atoms with van der Waals surface area (Å²) in [7, 11) is -1.03. The van der Waals surface area contributed by atoms with Crippen LogP contribution in [0.3, 0.4) is 0 Å². The number of amides is 1. The maximum Gasteiger partial charge on any atom is 0.337 e. The zero-order chi connectivity index (χ0) is 22.6. The minimum absolute atomic E-state index is 0.0514. The van der Waals surface area contributed by atoms with Crippen LogP contribution in [0.25, 0.3) is 0 Å². The standard InChI is InChI=1S/C21H23ClN2O6S/c1-29-19-10-5-14(21(26)30-2)12-18(19)23-20(25)15-4-3-11-24(13-15)31(27,28)17-8-6-16(22)7-9-17/h5-10,12,15H,3-4,11,13H2,1-2H3,(H,23,25)/t15-/m1/s1. The van der Waals surface area contributed by atoms with E-state index in [0.717, 1.165) is 0 Å². The number of hydrogen-bond donors (Lipinski definition) is 1. The lowest BCUT2D eigenvalue weighted by Gasteiger charge is -2.31. The van der Waals surface area contributed by atoms with Gasteiger partial charge >= 0.3 is 5.97 Å². The van der Waals surface area contributed by atoms with Crippen molar-refractivity contribution in [1.82, 2.24) is 4.31 Å². The first kappa shape index (κ1) is 23.1. The summed E-state index contributed by atoms with van der Waals surface area (Å²) in [6, 6.07) is 10.5. The van der Waals surface area contributed by atoms with E-state index in [-0.39, 0.29) is 22.9 Å². The maximum absolute atomic E-state index is 13.0. The zero-order valence-corrected chi connectivity index (χ0v) is 18.7. The van der Waals surface area contributed by atoms with Crippen LogP contribution in [0.5, 0.6) is 5.75 Å². The van der Waals surface area contributed by atoms with Crippen LogP contribution in [0, 0.1) is 5.92 Å². The first-order valence-corrected chi connectivity index (χ1v) is 11.4. The fraction of sp³-hybridized carbons (Fsp3) is 0.333. The van der Waals surface area contributed by atoms with Crippen LogP contribution in [0.4, 0.5) is 5.69 Å². The predicted octanol–water partition coefficient (Wildman–Crippen LogP) is 3.17. The van der Waals surface area contributed by atoms with Crippen LogP contribution in [-0.2, 0) is 19.6 Å². The molecule has 0 aromatic heterocycles. The molecular weight excluding hydrogens is 444 g/mol. The Kier molecular flexibility index (Phi) is 7.19. The van der Waals surface area contributed by atoms with Crippen molar-refractivity contribution < 1.29 is 27.5 Å². The van der Waals surface area contributed by atoms with Crippen molar-refractivity contribution >= 4 is 39.2 Å². The molecule has 1 aliphatic heterocycles. The lowest BCUT2D eigenvalue weighted by atomic mass is 9.98. The van der Waals surface area contributed by atoms with Gasteiger partial charge in [0.15, 0.2) is 0 Å². The second kappa shape index (κ2) is 9.67. The van der Waals surface area contributed by atoms with Crippen molar-refractivity contribution in [3.8, 4) is 5.75 Å². The van der Waals surface area contributed by atoms with Crippen molar-refractivity contribution in [2.75, 3.05) is 32.6 Å². The van der Waals surface area contributed by atoms with Crippen LogP contribution in [0.15, 0.2) is 47.4 Å². The third kappa shape index (κ3) is 5.17. The number of benzene rings is 2. The SMILES string of the molecule is COC(=O)c1ccc(OC)c(NC(=O)[C@@H]2CCCN(S(=O)(=O)c3ccc(Cl)cc3)C2)c1. The Balaban J connectivity index is 1.77. The summed E-state index contributed by atoms with van der Waals surface area (Å²) >= 11 is 5.85. The molecule has 1 saturated heterocycles. The first-order valence-electron chi connectivity index (χ1n) is 9.59. The molecule has 2 aromatic rings. The van der Waals surface area contributed by atoms with E-state index in [1.54, 1.807) is 6.07 Å². The topological polar surface area (TPSA) is 102 Å². The number of nitrogens with zero attached hydrogens (tertiary/aromatic N) is 1. The molecule has 1 fully saturated rings. The van der Waals surface area contributed by atoms with Gasteiger partial charge in [0.05, 0.1) is 36.3 Å². The normalized spacial score (nSPS) is 17.1. The van der Waals surface area contributed by atoms with E-state index < -0.39 is 21.9 Å². The monoisotopic (exact) mass is 466 g/mol. The molecule has 0 aliphatic carbocycles. The Morgan fingerprint density at radius 2 is 1.84 bits per heavy atom. The maximum atomic E-state index is 13.0. The van der Waals surface area contributed by atoms with E-state index in [0.29, 0.717) is 35.8 Å². The molecule has 1 atom stereocenters. The third-order valence-electron chi connectivity index (χ3n) is 5.08. The molecule has 10 heteroatoms. The van der Waals surface area contributed by atoms with Gasteiger partial charge in [0, 0.05) is 18.1 Å². The number of anilines is 1. The predicted molar refractivity (Wildman–Crippen MR) is 116 cm³/mol. The van der Waals surface area contributed by atoms with Gasteiger partial charge in [0.1, 0.15) is 5.75 Å². The van der Waals surface area contributed by atoms with Crippen molar-refractivity contribution in [3.63, 3.8) is 0 Å². The van der Waals surface area contributed by atoms with Gasteiger partial charge in [-0.2, -0.15) is 4.31 Å². The molecule has 2 aromatic carbocycles. The van der Waals surface area contributed by atoms with Gasteiger partial charge in [0.25, 0.3) is 0 Å². The third-order valence-corrected chi connectivity index (χ3v) is 7.22. The highest BCUT2D eigenvalue weighted by molar-refractivity contribution is 7.89. The number of rotatable bonds is 6. The summed E-state index contributed by atoms with van der Waals surface area (Å²) < 4.78 is 37.2. The van der Waals surface area contributed by atoms with E-state index in [9.17, 15) is 18.0 Å². The number of nitrogens with one attached hydrogen (secondary N) is 1. The zero-order valence-electron chi connectivity index (χ0n) is 17.1. The lowest BCUT2D eigenvalue weighted by Crippen LogP contribution is -2.43. The molecule has 1 aliphatic rings. The summed E-state index contributed by atoms with van der Waals surface area (Å²) in [5, 5.41) is 3.20. The van der Waals surface area contributed by atoms with Gasteiger partial charge in [-0.25, -0.2) is 13.2 Å². The van der Waals surface area contributed by atoms with Gasteiger partial charge in [-0.1, -0.05) is 11.6 Å². The number of ether oxygens (including phenoxy) is 2. The van der Waals surface area contributed by atoms with Gasteiger partial charge in [0.2, 0.25) is 15.9 Å². The Labute approximate surface area is 186 Å². The van der Waals surface area contributed by atoms with Crippen molar-refractivity contribution in [3.05, 3.63) is 53.1 Å². The number of sulfonamides is 1. The molecular formula is C21H23ClN2O6S.